The summed E-state index contributed by atoms with van der Waals surface area (Å²) in [5, 5.41) is 0. The number of amides is 3. The molecule has 9 nitrogen and oxygen atoms in total. The second kappa shape index (κ2) is 11.7. The van der Waals surface area contributed by atoms with Crippen molar-refractivity contribution < 1.29 is 28.6 Å². The molecular weight excluding hydrogens is 498 g/mol. The number of hydrogen-bond acceptors (Lipinski definition) is 7. The first-order valence-electron chi connectivity index (χ1n) is 13.7. The van der Waals surface area contributed by atoms with Crippen LogP contribution in [0.5, 0.6) is 11.5 Å². The molecule has 0 unspecified atom stereocenters. The molecule has 2 atom stereocenters. The highest BCUT2D eigenvalue weighted by Gasteiger charge is 2.41. The number of benzene rings is 2. The highest BCUT2D eigenvalue weighted by molar-refractivity contribution is 6.23. The summed E-state index contributed by atoms with van der Waals surface area (Å²) in [6, 6.07) is 11.3. The Hall–Kier alpha value is -3.59. The molecule has 0 spiro atoms. The number of hydrogen-bond donors (Lipinski definition) is 0. The Kier molecular flexibility index (Phi) is 8.07. The zero-order valence-electron chi connectivity index (χ0n) is 23.0. The fourth-order valence-corrected chi connectivity index (χ4v) is 5.89. The van der Waals surface area contributed by atoms with Crippen molar-refractivity contribution in [1.82, 2.24) is 9.80 Å². The number of rotatable bonds is 9. The van der Waals surface area contributed by atoms with Crippen LogP contribution in [0, 0.1) is 5.92 Å². The van der Waals surface area contributed by atoms with Crippen molar-refractivity contribution in [3.05, 3.63) is 53.1 Å². The Balaban J connectivity index is 1.25. The van der Waals surface area contributed by atoms with Crippen LogP contribution >= 0.6 is 0 Å². The Morgan fingerprint density at radius 2 is 1.87 bits per heavy atom. The zero-order chi connectivity index (χ0) is 27.5. The summed E-state index contributed by atoms with van der Waals surface area (Å²) in [5.41, 5.74) is 2.70. The lowest BCUT2D eigenvalue weighted by Crippen LogP contribution is -2.44. The van der Waals surface area contributed by atoms with E-state index in [4.69, 9.17) is 14.2 Å². The highest BCUT2D eigenvalue weighted by atomic mass is 16.5. The molecule has 0 aromatic heterocycles. The average molecular weight is 536 g/mol. The van der Waals surface area contributed by atoms with E-state index in [-0.39, 0.29) is 36.3 Å². The Labute approximate surface area is 229 Å². The minimum atomic E-state index is -0.262. The minimum Gasteiger partial charge on any atom is -0.493 e. The van der Waals surface area contributed by atoms with E-state index in [2.05, 4.69) is 4.90 Å². The van der Waals surface area contributed by atoms with Gasteiger partial charge in [0.15, 0.2) is 11.5 Å². The first-order chi connectivity index (χ1) is 18.9. The van der Waals surface area contributed by atoms with Crippen molar-refractivity contribution >= 4 is 23.4 Å². The summed E-state index contributed by atoms with van der Waals surface area (Å²) in [6.07, 6.45) is 4.04. The van der Waals surface area contributed by atoms with Crippen LogP contribution in [0.25, 0.3) is 0 Å². The molecule has 0 saturated carbocycles. The van der Waals surface area contributed by atoms with Crippen LogP contribution in [0.3, 0.4) is 0 Å². The molecule has 39 heavy (non-hydrogen) atoms. The van der Waals surface area contributed by atoms with Gasteiger partial charge in [-0.3, -0.25) is 19.3 Å². The number of anilines is 1. The van der Waals surface area contributed by atoms with Gasteiger partial charge in [-0.1, -0.05) is 12.1 Å². The van der Waals surface area contributed by atoms with E-state index >= 15 is 0 Å². The Morgan fingerprint density at radius 1 is 1.05 bits per heavy atom. The number of imide groups is 1. The van der Waals surface area contributed by atoms with Crippen molar-refractivity contribution in [1.29, 1.82) is 0 Å². The molecule has 2 fully saturated rings. The van der Waals surface area contributed by atoms with Crippen molar-refractivity contribution in [3.63, 3.8) is 0 Å². The predicted octanol–water partition coefficient (Wildman–Crippen LogP) is 3.40. The lowest BCUT2D eigenvalue weighted by molar-refractivity contribution is -0.134. The third-order valence-electron chi connectivity index (χ3n) is 8.06. The fraction of sp³-hybridized carbons (Fsp3) is 0.500. The van der Waals surface area contributed by atoms with E-state index in [0.717, 1.165) is 43.5 Å². The summed E-state index contributed by atoms with van der Waals surface area (Å²) < 4.78 is 16.4. The van der Waals surface area contributed by atoms with Gasteiger partial charge in [-0.15, -0.1) is 0 Å². The smallest absolute Gasteiger partial charge is 0.263 e. The van der Waals surface area contributed by atoms with Crippen LogP contribution in [-0.4, -0.2) is 87.7 Å². The van der Waals surface area contributed by atoms with Gasteiger partial charge in [-0.2, -0.15) is 0 Å². The van der Waals surface area contributed by atoms with Gasteiger partial charge in [0.05, 0.1) is 49.6 Å². The third-order valence-corrected chi connectivity index (χ3v) is 8.06. The van der Waals surface area contributed by atoms with Crippen LogP contribution < -0.4 is 14.4 Å². The summed E-state index contributed by atoms with van der Waals surface area (Å²) in [7, 11) is 5.06. The summed E-state index contributed by atoms with van der Waals surface area (Å²) >= 11 is 0. The van der Waals surface area contributed by atoms with Crippen LogP contribution in [0.4, 0.5) is 5.69 Å². The second-order valence-corrected chi connectivity index (χ2v) is 10.5. The van der Waals surface area contributed by atoms with Crippen LogP contribution in [0.2, 0.25) is 0 Å². The van der Waals surface area contributed by atoms with Crippen molar-refractivity contribution in [2.45, 2.75) is 38.2 Å². The molecule has 3 aliphatic rings. The molecule has 0 radical (unpaired) electrons. The number of piperidine rings is 1. The molecule has 3 aliphatic heterocycles. The van der Waals surface area contributed by atoms with Gasteiger partial charge in [0.1, 0.15) is 0 Å². The number of carbonyl (C=O) groups is 3. The molecule has 2 saturated heterocycles. The fourth-order valence-electron chi connectivity index (χ4n) is 5.89. The number of methoxy groups -OCH3 is 2. The molecule has 208 valence electrons. The number of ether oxygens (including phenoxy) is 3. The molecule has 9 heteroatoms. The standard InChI is InChI=1S/C30H37N3O6/c1-31(15-13-20-11-12-25(37-2)26(17-20)38-3)28(34)21-7-5-14-32(18-21)24-10-4-9-23-27(24)30(36)33(29(23)35)19-22-8-6-16-39-22/h4,9-12,17,21-22H,5-8,13-16,18-19H2,1-3H3/t21-,22+/m0/s1. The SMILES string of the molecule is COc1ccc(CCN(C)C(=O)[C@H]2CCCN(c3cccc4c3C(=O)N(C[C@H]3CCCO3)C4=O)C2)cc1OC. The molecule has 2 aromatic rings. The van der Waals surface area contributed by atoms with Gasteiger partial charge in [0.25, 0.3) is 11.8 Å². The monoisotopic (exact) mass is 535 g/mol. The highest BCUT2D eigenvalue weighted by Crippen LogP contribution is 2.35. The molecule has 3 heterocycles. The first kappa shape index (κ1) is 27.0. The maximum absolute atomic E-state index is 13.4. The minimum absolute atomic E-state index is 0.0927. The van der Waals surface area contributed by atoms with E-state index in [9.17, 15) is 14.4 Å². The van der Waals surface area contributed by atoms with E-state index in [1.165, 1.54) is 4.90 Å². The Morgan fingerprint density at radius 3 is 2.62 bits per heavy atom. The number of nitrogens with zero attached hydrogens (tertiary/aromatic N) is 3. The second-order valence-electron chi connectivity index (χ2n) is 10.5. The van der Waals surface area contributed by atoms with E-state index < -0.39 is 0 Å². The van der Waals surface area contributed by atoms with E-state index in [1.807, 2.05) is 37.4 Å². The van der Waals surface area contributed by atoms with Gasteiger partial charge in [-0.25, -0.2) is 0 Å². The van der Waals surface area contributed by atoms with Gasteiger partial charge < -0.3 is 24.0 Å². The molecule has 3 amide bonds. The van der Waals surface area contributed by atoms with Crippen LogP contribution in [0.1, 0.15) is 52.0 Å². The lowest BCUT2D eigenvalue weighted by Gasteiger charge is -2.36. The maximum Gasteiger partial charge on any atom is 0.263 e. The van der Waals surface area contributed by atoms with Crippen molar-refractivity contribution in [3.8, 4) is 11.5 Å². The summed E-state index contributed by atoms with van der Waals surface area (Å²) in [5.74, 6) is 0.740. The predicted molar refractivity (Wildman–Crippen MR) is 147 cm³/mol. The van der Waals surface area contributed by atoms with Gasteiger partial charge in [-0.05, 0) is 61.9 Å². The van der Waals surface area contributed by atoms with Gasteiger partial charge in [0.2, 0.25) is 5.91 Å². The van der Waals surface area contributed by atoms with E-state index in [0.29, 0.717) is 48.7 Å². The van der Waals surface area contributed by atoms with Gasteiger partial charge >= 0.3 is 0 Å². The molecule has 2 aromatic carbocycles. The maximum atomic E-state index is 13.4. The van der Waals surface area contributed by atoms with Crippen LogP contribution in [0.15, 0.2) is 36.4 Å². The summed E-state index contributed by atoms with van der Waals surface area (Å²) in [4.78, 5) is 45.2. The number of fused-ring (bicyclic) bond motifs is 1. The van der Waals surface area contributed by atoms with Crippen LogP contribution in [-0.2, 0) is 16.0 Å². The number of carbonyl (C=O) groups excluding carboxylic acids is 3. The normalized spacial score (nSPS) is 20.8. The topological polar surface area (TPSA) is 88.6 Å². The molecule has 0 N–H and O–H groups in total. The lowest BCUT2D eigenvalue weighted by atomic mass is 9.94. The van der Waals surface area contributed by atoms with Crippen molar-refractivity contribution in [2.24, 2.45) is 5.92 Å². The van der Waals surface area contributed by atoms with E-state index in [1.54, 1.807) is 25.2 Å². The molecule has 0 aliphatic carbocycles. The van der Waals surface area contributed by atoms with Crippen molar-refractivity contribution in [2.75, 3.05) is 59.0 Å². The average Bonchev–Trinajstić information content (AvgIpc) is 3.58. The Bertz CT molecular complexity index is 1240. The quantitative estimate of drug-likeness (QED) is 0.455. The largest absolute Gasteiger partial charge is 0.493 e. The molecular formula is C30H37N3O6. The summed E-state index contributed by atoms with van der Waals surface area (Å²) in [6.45, 7) is 2.80. The zero-order valence-corrected chi connectivity index (χ0v) is 23.0. The molecule has 0 bridgehead atoms. The van der Waals surface area contributed by atoms with Gasteiger partial charge in [0, 0.05) is 33.3 Å². The number of likely N-dealkylation sites (N-methyl/N-ethyl adjacent to an activating group) is 1. The third kappa shape index (κ3) is 5.45. The molecule has 5 rings (SSSR count). The first-order valence-corrected chi connectivity index (χ1v) is 13.7.